The number of halogens is 1. The number of aliphatic carboxylic acids is 1. The van der Waals surface area contributed by atoms with Crippen molar-refractivity contribution in [3.8, 4) is 5.75 Å². The Kier molecular flexibility index (Phi) is 4.32. The molecule has 1 rings (SSSR count). The maximum absolute atomic E-state index is 10.7. The van der Waals surface area contributed by atoms with E-state index >= 15 is 0 Å². The number of hydrogen-bond acceptors (Lipinski definition) is 3. The molecule has 0 radical (unpaired) electrons. The number of benzene rings is 1. The molecule has 1 aromatic rings. The molecule has 0 spiro atoms. The lowest BCUT2D eigenvalue weighted by atomic mass is 10.0. The summed E-state index contributed by atoms with van der Waals surface area (Å²) in [6, 6.07) is 2.74. The van der Waals surface area contributed by atoms with Gasteiger partial charge in [-0.3, -0.25) is 4.79 Å². The molecule has 0 aliphatic heterocycles. The van der Waals surface area contributed by atoms with Crippen LogP contribution in [0.25, 0.3) is 0 Å². The van der Waals surface area contributed by atoms with E-state index in [0.717, 1.165) is 15.6 Å². The van der Waals surface area contributed by atoms with Gasteiger partial charge in [-0.1, -0.05) is 15.9 Å². The van der Waals surface area contributed by atoms with Crippen LogP contribution in [0.2, 0.25) is 0 Å². The number of carboxylic acid groups (broad SMARTS) is 1. The highest BCUT2D eigenvalue weighted by Crippen LogP contribution is 2.29. The molecule has 0 saturated carbocycles. The summed E-state index contributed by atoms with van der Waals surface area (Å²) in [5, 5.41) is 8.79. The smallest absolute Gasteiger partial charge is 0.320 e. The van der Waals surface area contributed by atoms with Crippen molar-refractivity contribution in [2.24, 2.45) is 5.73 Å². The van der Waals surface area contributed by atoms with Crippen LogP contribution in [-0.2, 0) is 11.2 Å². The highest BCUT2D eigenvalue weighted by atomic mass is 79.9. The van der Waals surface area contributed by atoms with Gasteiger partial charge < -0.3 is 15.6 Å². The maximum atomic E-state index is 10.7. The van der Waals surface area contributed by atoms with Crippen LogP contribution in [0.3, 0.4) is 0 Å². The molecule has 0 amide bonds. The first-order valence-corrected chi connectivity index (χ1v) is 5.57. The summed E-state index contributed by atoms with van der Waals surface area (Å²) >= 11 is 3.39. The van der Waals surface area contributed by atoms with Crippen LogP contribution in [0.15, 0.2) is 16.6 Å². The van der Waals surface area contributed by atoms with Gasteiger partial charge in [0.2, 0.25) is 0 Å². The van der Waals surface area contributed by atoms with Crippen molar-refractivity contribution in [3.05, 3.63) is 27.7 Å². The number of carbonyl (C=O) groups is 1. The number of ether oxygens (including phenoxy) is 1. The zero-order chi connectivity index (χ0) is 12.3. The summed E-state index contributed by atoms with van der Waals surface area (Å²) in [7, 11) is 1.55. The third-order valence-electron chi connectivity index (χ3n) is 2.45. The molecule has 88 valence electrons. The van der Waals surface area contributed by atoms with Gasteiger partial charge in [0.15, 0.2) is 0 Å². The van der Waals surface area contributed by atoms with Crippen molar-refractivity contribution < 1.29 is 14.6 Å². The quantitative estimate of drug-likeness (QED) is 0.885. The minimum absolute atomic E-state index is 0.254. The Labute approximate surface area is 103 Å². The summed E-state index contributed by atoms with van der Waals surface area (Å²) in [6.45, 7) is 1.90. The van der Waals surface area contributed by atoms with Crippen molar-refractivity contribution in [2.45, 2.75) is 19.4 Å². The molecule has 16 heavy (non-hydrogen) atoms. The van der Waals surface area contributed by atoms with Crippen LogP contribution in [0.5, 0.6) is 5.75 Å². The zero-order valence-corrected chi connectivity index (χ0v) is 10.7. The fourth-order valence-electron chi connectivity index (χ4n) is 1.46. The molecule has 0 aliphatic carbocycles. The first-order chi connectivity index (χ1) is 7.47. The molecule has 0 saturated heterocycles. The van der Waals surface area contributed by atoms with Gasteiger partial charge in [0, 0.05) is 16.5 Å². The standard InChI is InChI=1S/C11H14BrNO3/c1-6-7(5-9(13)11(14)15)10(16-2)4-3-8(6)12/h3-4,9H,5,13H2,1-2H3,(H,14,15). The molecule has 1 unspecified atom stereocenters. The van der Waals surface area contributed by atoms with E-state index < -0.39 is 12.0 Å². The third kappa shape index (κ3) is 2.74. The summed E-state index contributed by atoms with van der Waals surface area (Å²) in [5.41, 5.74) is 7.30. The Balaban J connectivity index is 3.10. The number of nitrogens with two attached hydrogens (primary N) is 1. The maximum Gasteiger partial charge on any atom is 0.320 e. The molecular formula is C11H14BrNO3. The summed E-state index contributed by atoms with van der Waals surface area (Å²) in [5.74, 6) is -0.348. The monoisotopic (exact) mass is 287 g/mol. The van der Waals surface area contributed by atoms with E-state index in [-0.39, 0.29) is 6.42 Å². The Bertz CT molecular complexity index is 406. The second-order valence-electron chi connectivity index (χ2n) is 3.50. The predicted octanol–water partition coefficient (Wildman–Crippen LogP) is 1.72. The van der Waals surface area contributed by atoms with Gasteiger partial charge in [-0.15, -0.1) is 0 Å². The first kappa shape index (κ1) is 13.0. The van der Waals surface area contributed by atoms with Crippen LogP contribution < -0.4 is 10.5 Å². The second kappa shape index (κ2) is 5.32. The third-order valence-corrected chi connectivity index (χ3v) is 3.31. The lowest BCUT2D eigenvalue weighted by Crippen LogP contribution is -2.32. The molecule has 0 heterocycles. The summed E-state index contributed by atoms with van der Waals surface area (Å²) in [4.78, 5) is 10.7. The molecule has 1 aromatic carbocycles. The fourth-order valence-corrected chi connectivity index (χ4v) is 1.83. The average molecular weight is 288 g/mol. The lowest BCUT2D eigenvalue weighted by molar-refractivity contribution is -0.138. The molecule has 0 fully saturated rings. The number of carboxylic acids is 1. The first-order valence-electron chi connectivity index (χ1n) is 4.77. The van der Waals surface area contributed by atoms with Gasteiger partial charge in [0.1, 0.15) is 11.8 Å². The molecule has 3 N–H and O–H groups in total. The average Bonchev–Trinajstić information content (AvgIpc) is 2.25. The SMILES string of the molecule is COc1ccc(Br)c(C)c1CC(N)C(=O)O. The number of rotatable bonds is 4. The fraction of sp³-hybridized carbons (Fsp3) is 0.364. The van der Waals surface area contributed by atoms with Crippen LogP contribution in [0, 0.1) is 6.92 Å². The molecule has 4 nitrogen and oxygen atoms in total. The van der Waals surface area contributed by atoms with E-state index in [1.54, 1.807) is 13.2 Å². The van der Waals surface area contributed by atoms with Gasteiger partial charge in [-0.25, -0.2) is 0 Å². The molecule has 1 atom stereocenters. The van der Waals surface area contributed by atoms with Gasteiger partial charge in [-0.2, -0.15) is 0 Å². The summed E-state index contributed by atoms with van der Waals surface area (Å²) in [6.07, 6.45) is 0.254. The number of methoxy groups -OCH3 is 1. The normalized spacial score (nSPS) is 12.2. The Morgan fingerprint density at radius 3 is 2.75 bits per heavy atom. The van der Waals surface area contributed by atoms with E-state index in [1.807, 2.05) is 13.0 Å². The highest BCUT2D eigenvalue weighted by Gasteiger charge is 2.17. The van der Waals surface area contributed by atoms with Crippen LogP contribution in [0.1, 0.15) is 11.1 Å². The van der Waals surface area contributed by atoms with Crippen molar-refractivity contribution in [2.75, 3.05) is 7.11 Å². The molecule has 0 aliphatic rings. The van der Waals surface area contributed by atoms with Crippen LogP contribution in [0.4, 0.5) is 0 Å². The van der Waals surface area contributed by atoms with Gasteiger partial charge in [0.05, 0.1) is 7.11 Å². The minimum atomic E-state index is -1.01. The van der Waals surface area contributed by atoms with E-state index in [9.17, 15) is 4.79 Å². The van der Waals surface area contributed by atoms with Crippen molar-refractivity contribution in [1.82, 2.24) is 0 Å². The van der Waals surface area contributed by atoms with Crippen molar-refractivity contribution in [1.29, 1.82) is 0 Å². The highest BCUT2D eigenvalue weighted by molar-refractivity contribution is 9.10. The summed E-state index contributed by atoms with van der Waals surface area (Å²) < 4.78 is 6.11. The Morgan fingerprint density at radius 1 is 1.62 bits per heavy atom. The van der Waals surface area contributed by atoms with Gasteiger partial charge in [-0.05, 0) is 24.6 Å². The topological polar surface area (TPSA) is 72.5 Å². The predicted molar refractivity (Wildman–Crippen MR) is 64.7 cm³/mol. The minimum Gasteiger partial charge on any atom is -0.496 e. The lowest BCUT2D eigenvalue weighted by Gasteiger charge is -2.14. The van der Waals surface area contributed by atoms with Crippen molar-refractivity contribution >= 4 is 21.9 Å². The van der Waals surface area contributed by atoms with Crippen molar-refractivity contribution in [3.63, 3.8) is 0 Å². The molecule has 5 heteroatoms. The Morgan fingerprint density at radius 2 is 2.25 bits per heavy atom. The van der Waals surface area contributed by atoms with E-state index in [1.165, 1.54) is 0 Å². The van der Waals surface area contributed by atoms with E-state index in [0.29, 0.717) is 5.75 Å². The van der Waals surface area contributed by atoms with Gasteiger partial charge in [0.25, 0.3) is 0 Å². The van der Waals surface area contributed by atoms with Crippen LogP contribution >= 0.6 is 15.9 Å². The van der Waals surface area contributed by atoms with E-state index in [4.69, 9.17) is 15.6 Å². The molecule has 0 aromatic heterocycles. The zero-order valence-electron chi connectivity index (χ0n) is 9.16. The second-order valence-corrected chi connectivity index (χ2v) is 4.36. The molecule has 0 bridgehead atoms. The van der Waals surface area contributed by atoms with Crippen LogP contribution in [-0.4, -0.2) is 24.2 Å². The Hall–Kier alpha value is -1.07. The molecular weight excluding hydrogens is 274 g/mol. The number of hydrogen-bond donors (Lipinski definition) is 2. The van der Waals surface area contributed by atoms with Gasteiger partial charge >= 0.3 is 5.97 Å². The van der Waals surface area contributed by atoms with E-state index in [2.05, 4.69) is 15.9 Å². The largest absolute Gasteiger partial charge is 0.496 e.